The summed E-state index contributed by atoms with van der Waals surface area (Å²) in [6, 6.07) is 11.0. The molecule has 136 valence electrons. The highest BCUT2D eigenvalue weighted by atomic mass is 79.9. The minimum absolute atomic E-state index is 0.0208. The van der Waals surface area contributed by atoms with Gasteiger partial charge in [-0.2, -0.15) is 0 Å². The van der Waals surface area contributed by atoms with E-state index in [9.17, 15) is 14.9 Å². The van der Waals surface area contributed by atoms with Crippen LogP contribution < -0.4 is 4.90 Å². The topological polar surface area (TPSA) is 79.6 Å². The largest absolute Gasteiger partial charge is 0.353 e. The van der Waals surface area contributed by atoms with Crippen molar-refractivity contribution in [3.05, 3.63) is 57.2 Å². The zero-order chi connectivity index (χ0) is 18.5. The highest BCUT2D eigenvalue weighted by Crippen LogP contribution is 2.22. The van der Waals surface area contributed by atoms with Crippen LogP contribution in [0.3, 0.4) is 0 Å². The molecule has 2 heterocycles. The van der Waals surface area contributed by atoms with Crippen molar-refractivity contribution in [3.63, 3.8) is 0 Å². The van der Waals surface area contributed by atoms with E-state index >= 15 is 0 Å². The van der Waals surface area contributed by atoms with E-state index in [-0.39, 0.29) is 11.6 Å². The SMILES string of the molecule is O=C(CSc1ccc(Br)cc1)N1CCN(c2ccc([N+](=O)[O-])cn2)CC1. The van der Waals surface area contributed by atoms with E-state index in [2.05, 4.69) is 20.9 Å². The fourth-order valence-corrected chi connectivity index (χ4v) is 3.69. The normalized spacial score (nSPS) is 14.3. The van der Waals surface area contributed by atoms with Gasteiger partial charge in [-0.1, -0.05) is 15.9 Å². The average Bonchev–Trinajstić information content (AvgIpc) is 2.67. The van der Waals surface area contributed by atoms with Gasteiger partial charge in [0.2, 0.25) is 5.91 Å². The smallest absolute Gasteiger partial charge is 0.287 e. The van der Waals surface area contributed by atoms with Crippen molar-refractivity contribution < 1.29 is 9.72 Å². The predicted molar refractivity (Wildman–Crippen MR) is 105 cm³/mol. The maximum Gasteiger partial charge on any atom is 0.287 e. The lowest BCUT2D eigenvalue weighted by molar-refractivity contribution is -0.385. The van der Waals surface area contributed by atoms with Gasteiger partial charge in [0.1, 0.15) is 12.0 Å². The van der Waals surface area contributed by atoms with Crippen LogP contribution in [-0.2, 0) is 4.79 Å². The lowest BCUT2D eigenvalue weighted by Gasteiger charge is -2.35. The van der Waals surface area contributed by atoms with Crippen LogP contribution in [-0.4, -0.2) is 52.6 Å². The van der Waals surface area contributed by atoms with E-state index in [4.69, 9.17) is 0 Å². The number of hydrogen-bond acceptors (Lipinski definition) is 6. The molecule has 0 spiro atoms. The monoisotopic (exact) mass is 436 g/mol. The summed E-state index contributed by atoms with van der Waals surface area (Å²) in [6.07, 6.45) is 1.27. The second-order valence-corrected chi connectivity index (χ2v) is 7.71. The Hall–Kier alpha value is -2.13. The van der Waals surface area contributed by atoms with E-state index in [0.717, 1.165) is 9.37 Å². The number of thioether (sulfide) groups is 1. The molecule has 9 heteroatoms. The summed E-state index contributed by atoms with van der Waals surface area (Å²) >= 11 is 4.93. The number of piperazine rings is 1. The molecule has 0 radical (unpaired) electrons. The maximum atomic E-state index is 12.4. The van der Waals surface area contributed by atoms with Crippen molar-refractivity contribution in [3.8, 4) is 0 Å². The fraction of sp³-hybridized carbons (Fsp3) is 0.294. The lowest BCUT2D eigenvalue weighted by atomic mass is 10.3. The summed E-state index contributed by atoms with van der Waals surface area (Å²) in [5.41, 5.74) is -0.0208. The van der Waals surface area contributed by atoms with Gasteiger partial charge in [0.25, 0.3) is 5.69 Å². The lowest BCUT2D eigenvalue weighted by Crippen LogP contribution is -2.49. The predicted octanol–water partition coefficient (Wildman–Crippen LogP) is 3.19. The zero-order valence-corrected chi connectivity index (χ0v) is 16.3. The van der Waals surface area contributed by atoms with Gasteiger partial charge in [-0.05, 0) is 30.3 Å². The van der Waals surface area contributed by atoms with Gasteiger partial charge < -0.3 is 9.80 Å². The number of nitrogens with zero attached hydrogens (tertiary/aromatic N) is 4. The molecule has 1 aliphatic heterocycles. The Kier molecular flexibility index (Phi) is 6.10. The number of rotatable bonds is 5. The van der Waals surface area contributed by atoms with Gasteiger partial charge in [0, 0.05) is 41.6 Å². The molecule has 3 rings (SSSR count). The van der Waals surface area contributed by atoms with Gasteiger partial charge in [0.15, 0.2) is 0 Å². The molecule has 1 aromatic heterocycles. The molecule has 0 unspecified atom stereocenters. The number of nitro groups is 1. The van der Waals surface area contributed by atoms with Crippen molar-refractivity contribution in [1.82, 2.24) is 9.88 Å². The van der Waals surface area contributed by atoms with Crippen molar-refractivity contribution in [1.29, 1.82) is 0 Å². The molecule has 1 fully saturated rings. The highest BCUT2D eigenvalue weighted by Gasteiger charge is 2.22. The molecule has 0 aliphatic carbocycles. The second-order valence-electron chi connectivity index (χ2n) is 5.74. The second kappa shape index (κ2) is 8.50. The van der Waals surface area contributed by atoms with Crippen molar-refractivity contribution >= 4 is 45.1 Å². The first-order chi connectivity index (χ1) is 12.5. The molecule has 26 heavy (non-hydrogen) atoms. The summed E-state index contributed by atoms with van der Waals surface area (Å²) in [6.45, 7) is 2.58. The molecule has 7 nitrogen and oxygen atoms in total. The van der Waals surface area contributed by atoms with Crippen LogP contribution in [0.5, 0.6) is 0 Å². The molecule has 0 saturated carbocycles. The molecule has 1 amide bonds. The quantitative estimate of drug-likeness (QED) is 0.406. The summed E-state index contributed by atoms with van der Waals surface area (Å²) in [4.78, 5) is 31.7. The van der Waals surface area contributed by atoms with Gasteiger partial charge in [-0.3, -0.25) is 14.9 Å². The van der Waals surface area contributed by atoms with E-state index in [1.165, 1.54) is 24.0 Å². The molecule has 1 saturated heterocycles. The Balaban J connectivity index is 1.48. The fourth-order valence-electron chi connectivity index (χ4n) is 2.63. The summed E-state index contributed by atoms with van der Waals surface area (Å²) in [5, 5.41) is 10.7. The number of carbonyl (C=O) groups is 1. The van der Waals surface area contributed by atoms with Gasteiger partial charge in [0.05, 0.1) is 10.7 Å². The number of amides is 1. The van der Waals surface area contributed by atoms with Crippen LogP contribution in [0, 0.1) is 10.1 Å². The van der Waals surface area contributed by atoms with Crippen LogP contribution in [0.15, 0.2) is 52.0 Å². The average molecular weight is 437 g/mol. The van der Waals surface area contributed by atoms with E-state index in [1.807, 2.05) is 34.1 Å². The Labute approximate surface area is 163 Å². The number of pyridine rings is 1. The number of carbonyl (C=O) groups excluding carboxylic acids is 1. The number of hydrogen-bond donors (Lipinski definition) is 0. The van der Waals surface area contributed by atoms with Gasteiger partial charge >= 0.3 is 0 Å². The number of benzene rings is 1. The van der Waals surface area contributed by atoms with E-state index in [1.54, 1.807) is 6.07 Å². The van der Waals surface area contributed by atoms with Crippen LogP contribution in [0.4, 0.5) is 11.5 Å². The Morgan fingerprint density at radius 1 is 1.15 bits per heavy atom. The van der Waals surface area contributed by atoms with E-state index in [0.29, 0.717) is 37.7 Å². The minimum atomic E-state index is -0.462. The third kappa shape index (κ3) is 4.73. The molecular formula is C17H17BrN4O3S. The van der Waals surface area contributed by atoms with E-state index < -0.39 is 4.92 Å². The molecule has 0 N–H and O–H groups in total. The first-order valence-electron chi connectivity index (χ1n) is 8.04. The molecule has 1 aromatic carbocycles. The van der Waals surface area contributed by atoms with Crippen LogP contribution in [0.25, 0.3) is 0 Å². The number of anilines is 1. The van der Waals surface area contributed by atoms with Gasteiger partial charge in [-0.25, -0.2) is 4.98 Å². The molecular weight excluding hydrogens is 420 g/mol. The number of aromatic nitrogens is 1. The molecule has 2 aromatic rings. The van der Waals surface area contributed by atoms with Gasteiger partial charge in [-0.15, -0.1) is 11.8 Å². The minimum Gasteiger partial charge on any atom is -0.353 e. The van der Waals surface area contributed by atoms with Crippen molar-refractivity contribution in [2.45, 2.75) is 4.90 Å². The standard InChI is InChI=1S/C17H17BrN4O3S/c18-13-1-4-15(5-2-13)26-12-17(23)21-9-7-20(8-10-21)16-6-3-14(11-19-16)22(24)25/h1-6,11H,7-10,12H2. The molecule has 1 aliphatic rings. The Morgan fingerprint density at radius 3 is 2.42 bits per heavy atom. The van der Waals surface area contributed by atoms with Crippen molar-refractivity contribution in [2.75, 3.05) is 36.8 Å². The first-order valence-corrected chi connectivity index (χ1v) is 9.82. The Morgan fingerprint density at radius 2 is 1.85 bits per heavy atom. The highest BCUT2D eigenvalue weighted by molar-refractivity contribution is 9.10. The third-order valence-corrected chi connectivity index (χ3v) is 5.60. The van der Waals surface area contributed by atoms with Crippen LogP contribution in [0.2, 0.25) is 0 Å². The zero-order valence-electron chi connectivity index (χ0n) is 13.9. The van der Waals surface area contributed by atoms with Crippen molar-refractivity contribution in [2.24, 2.45) is 0 Å². The summed E-state index contributed by atoms with van der Waals surface area (Å²) < 4.78 is 1.02. The number of halogens is 1. The van der Waals surface area contributed by atoms with Crippen LogP contribution in [0.1, 0.15) is 0 Å². The maximum absolute atomic E-state index is 12.4. The molecule has 0 atom stereocenters. The third-order valence-electron chi connectivity index (χ3n) is 4.08. The summed E-state index contributed by atoms with van der Waals surface area (Å²) in [7, 11) is 0. The summed E-state index contributed by atoms with van der Waals surface area (Å²) in [5.74, 6) is 1.23. The molecule has 0 bridgehead atoms. The first kappa shape index (κ1) is 18.7. The van der Waals surface area contributed by atoms with Crippen LogP contribution >= 0.6 is 27.7 Å². The Bertz CT molecular complexity index is 778.